The number of esters is 1. The Labute approximate surface area is 190 Å². The van der Waals surface area contributed by atoms with Gasteiger partial charge in [-0.3, -0.25) is 4.79 Å². The first-order chi connectivity index (χ1) is 14.9. The second-order valence-corrected chi connectivity index (χ2v) is 8.02. The number of aryl methyl sites for hydroxylation is 1. The summed E-state index contributed by atoms with van der Waals surface area (Å²) in [6.07, 6.45) is 0. The van der Waals surface area contributed by atoms with Crippen LogP contribution in [-0.2, 0) is 16.1 Å². The molecule has 31 heavy (non-hydrogen) atoms. The number of carbonyl (C=O) groups is 2. The molecule has 1 heterocycles. The van der Waals surface area contributed by atoms with Crippen molar-refractivity contribution in [3.63, 3.8) is 0 Å². The van der Waals surface area contributed by atoms with Gasteiger partial charge in [0.2, 0.25) is 5.91 Å². The third kappa shape index (κ3) is 5.65. The van der Waals surface area contributed by atoms with Gasteiger partial charge in [0.1, 0.15) is 0 Å². The third-order valence-corrected chi connectivity index (χ3v) is 5.72. The third-order valence-electron chi connectivity index (χ3n) is 4.43. The van der Waals surface area contributed by atoms with E-state index in [0.29, 0.717) is 28.0 Å². The predicted molar refractivity (Wildman–Crippen MR) is 123 cm³/mol. The summed E-state index contributed by atoms with van der Waals surface area (Å²) in [5.74, 6) is 0.140. The molecule has 1 aromatic heterocycles. The van der Waals surface area contributed by atoms with E-state index in [2.05, 4.69) is 15.5 Å². The second kappa shape index (κ2) is 10.5. The molecular weight excluding hydrogens is 436 g/mol. The van der Waals surface area contributed by atoms with Gasteiger partial charge in [0, 0.05) is 12.1 Å². The molecule has 162 valence electrons. The molecule has 0 aliphatic heterocycles. The molecule has 0 saturated heterocycles. The monoisotopic (exact) mass is 458 g/mol. The van der Waals surface area contributed by atoms with Crippen LogP contribution in [0.4, 0.5) is 5.69 Å². The summed E-state index contributed by atoms with van der Waals surface area (Å²) < 4.78 is 6.96. The Morgan fingerprint density at radius 1 is 1.13 bits per heavy atom. The smallest absolute Gasteiger partial charge is 0.338 e. The van der Waals surface area contributed by atoms with Gasteiger partial charge in [0.25, 0.3) is 0 Å². The van der Waals surface area contributed by atoms with E-state index in [9.17, 15) is 9.59 Å². The number of ether oxygens (including phenoxy) is 1. The number of amides is 1. The van der Waals surface area contributed by atoms with E-state index in [1.165, 1.54) is 23.4 Å². The van der Waals surface area contributed by atoms with Crippen molar-refractivity contribution in [3.8, 4) is 11.4 Å². The van der Waals surface area contributed by atoms with E-state index in [1.807, 2.05) is 42.7 Å². The summed E-state index contributed by atoms with van der Waals surface area (Å²) in [6.45, 7) is 6.71. The SMILES string of the molecule is CCOC(=O)c1ccc(Cl)c(NC(=O)CSc2nnc(-c3ccc(C)cc3)n2CC)c1. The topological polar surface area (TPSA) is 86.1 Å². The lowest BCUT2D eigenvalue weighted by Crippen LogP contribution is -2.15. The minimum atomic E-state index is -0.469. The number of nitrogens with zero attached hydrogens (tertiary/aromatic N) is 3. The van der Waals surface area contributed by atoms with Gasteiger partial charge in [-0.1, -0.05) is 53.2 Å². The van der Waals surface area contributed by atoms with Crippen molar-refractivity contribution in [2.75, 3.05) is 17.7 Å². The van der Waals surface area contributed by atoms with Crippen LogP contribution in [0.1, 0.15) is 29.8 Å². The summed E-state index contributed by atoms with van der Waals surface area (Å²) in [5, 5.41) is 12.3. The first kappa shape index (κ1) is 22.8. The Bertz CT molecular complexity index is 1080. The van der Waals surface area contributed by atoms with Crippen LogP contribution in [0.5, 0.6) is 0 Å². The molecule has 1 N–H and O–H groups in total. The van der Waals surface area contributed by atoms with Gasteiger partial charge in [-0.15, -0.1) is 10.2 Å². The van der Waals surface area contributed by atoms with Gasteiger partial charge >= 0.3 is 5.97 Å². The zero-order chi connectivity index (χ0) is 22.4. The van der Waals surface area contributed by atoms with Crippen LogP contribution in [0.25, 0.3) is 11.4 Å². The Balaban J connectivity index is 1.68. The van der Waals surface area contributed by atoms with Crippen LogP contribution in [0.2, 0.25) is 5.02 Å². The molecule has 0 fully saturated rings. The molecule has 3 rings (SSSR count). The maximum absolute atomic E-state index is 12.5. The average molecular weight is 459 g/mol. The van der Waals surface area contributed by atoms with Crippen molar-refractivity contribution in [2.45, 2.75) is 32.5 Å². The van der Waals surface area contributed by atoms with Crippen molar-refractivity contribution in [2.24, 2.45) is 0 Å². The van der Waals surface area contributed by atoms with Crippen molar-refractivity contribution in [1.82, 2.24) is 14.8 Å². The van der Waals surface area contributed by atoms with Crippen molar-refractivity contribution >= 4 is 40.9 Å². The van der Waals surface area contributed by atoms with Crippen LogP contribution < -0.4 is 5.32 Å². The number of rotatable bonds is 8. The largest absolute Gasteiger partial charge is 0.462 e. The zero-order valence-electron chi connectivity index (χ0n) is 17.5. The fraction of sp³-hybridized carbons (Fsp3) is 0.273. The van der Waals surface area contributed by atoms with Crippen LogP contribution in [-0.4, -0.2) is 39.0 Å². The van der Waals surface area contributed by atoms with Crippen molar-refractivity contribution < 1.29 is 14.3 Å². The number of nitrogens with one attached hydrogen (secondary N) is 1. The number of anilines is 1. The molecule has 7 nitrogen and oxygen atoms in total. The summed E-state index contributed by atoms with van der Waals surface area (Å²) >= 11 is 7.45. The maximum Gasteiger partial charge on any atom is 0.338 e. The molecule has 0 radical (unpaired) electrons. The maximum atomic E-state index is 12.5. The first-order valence-corrected chi connectivity index (χ1v) is 11.2. The van der Waals surface area contributed by atoms with Gasteiger partial charge in [0.05, 0.1) is 28.6 Å². The molecule has 3 aromatic rings. The standard InChI is InChI=1S/C22H23ClN4O3S/c1-4-27-20(15-8-6-14(3)7-9-15)25-26-22(27)31-13-19(28)24-18-12-16(10-11-17(18)23)21(29)30-5-2/h6-12H,4-5,13H2,1-3H3,(H,24,28). The quantitative estimate of drug-likeness (QED) is 0.384. The fourth-order valence-corrected chi connectivity index (χ4v) is 3.84. The lowest BCUT2D eigenvalue weighted by Gasteiger charge is -2.10. The van der Waals surface area contributed by atoms with Crippen LogP contribution in [0.3, 0.4) is 0 Å². The van der Waals surface area contributed by atoms with Crippen molar-refractivity contribution in [1.29, 1.82) is 0 Å². The van der Waals surface area contributed by atoms with Gasteiger partial charge in [-0.05, 0) is 39.0 Å². The zero-order valence-corrected chi connectivity index (χ0v) is 19.1. The Morgan fingerprint density at radius 2 is 1.87 bits per heavy atom. The number of hydrogen-bond donors (Lipinski definition) is 1. The molecule has 0 bridgehead atoms. The molecule has 2 aromatic carbocycles. The van der Waals surface area contributed by atoms with Gasteiger partial charge in [0.15, 0.2) is 11.0 Å². The molecule has 0 saturated carbocycles. The summed E-state index contributed by atoms with van der Waals surface area (Å²) in [6, 6.07) is 12.7. The summed E-state index contributed by atoms with van der Waals surface area (Å²) in [7, 11) is 0. The highest BCUT2D eigenvalue weighted by molar-refractivity contribution is 7.99. The summed E-state index contributed by atoms with van der Waals surface area (Å²) in [5.41, 5.74) is 2.82. The van der Waals surface area contributed by atoms with E-state index < -0.39 is 5.97 Å². The number of carbonyl (C=O) groups excluding carboxylic acids is 2. The number of halogens is 1. The second-order valence-electron chi connectivity index (χ2n) is 6.67. The summed E-state index contributed by atoms with van der Waals surface area (Å²) in [4.78, 5) is 24.4. The predicted octanol–water partition coefficient (Wildman–Crippen LogP) is 4.83. The number of aromatic nitrogens is 3. The fourth-order valence-electron chi connectivity index (χ4n) is 2.88. The van der Waals surface area contributed by atoms with E-state index >= 15 is 0 Å². The molecule has 0 unspecified atom stereocenters. The minimum absolute atomic E-state index is 0.117. The van der Waals surface area contributed by atoms with Crippen LogP contribution in [0, 0.1) is 6.92 Å². The number of hydrogen-bond acceptors (Lipinski definition) is 6. The minimum Gasteiger partial charge on any atom is -0.462 e. The Morgan fingerprint density at radius 3 is 2.55 bits per heavy atom. The van der Waals surface area contributed by atoms with E-state index in [1.54, 1.807) is 19.1 Å². The highest BCUT2D eigenvalue weighted by Crippen LogP contribution is 2.26. The highest BCUT2D eigenvalue weighted by atomic mass is 35.5. The number of thioether (sulfide) groups is 1. The molecule has 0 atom stereocenters. The first-order valence-electron chi connectivity index (χ1n) is 9.82. The van der Waals surface area contributed by atoms with E-state index in [0.717, 1.165) is 11.4 Å². The number of benzene rings is 2. The molecule has 1 amide bonds. The molecule has 0 spiro atoms. The van der Waals surface area contributed by atoms with Gasteiger partial charge in [-0.25, -0.2) is 4.79 Å². The lowest BCUT2D eigenvalue weighted by atomic mass is 10.1. The Hall–Kier alpha value is -2.84. The van der Waals surface area contributed by atoms with Gasteiger partial charge < -0.3 is 14.6 Å². The molecular formula is C22H23ClN4O3S. The molecule has 0 aliphatic carbocycles. The Kier molecular flexibility index (Phi) is 7.70. The van der Waals surface area contributed by atoms with E-state index in [-0.39, 0.29) is 18.3 Å². The highest BCUT2D eigenvalue weighted by Gasteiger charge is 2.16. The molecule has 0 aliphatic rings. The van der Waals surface area contributed by atoms with Crippen LogP contribution in [0.15, 0.2) is 47.6 Å². The van der Waals surface area contributed by atoms with Gasteiger partial charge in [-0.2, -0.15) is 0 Å². The normalized spacial score (nSPS) is 10.7. The van der Waals surface area contributed by atoms with Crippen molar-refractivity contribution in [3.05, 3.63) is 58.6 Å². The van der Waals surface area contributed by atoms with E-state index in [4.69, 9.17) is 16.3 Å². The lowest BCUT2D eigenvalue weighted by molar-refractivity contribution is -0.113. The average Bonchev–Trinajstić information content (AvgIpc) is 3.17. The van der Waals surface area contributed by atoms with Crippen LogP contribution >= 0.6 is 23.4 Å². The molecule has 9 heteroatoms.